The number of H-pyrrole nitrogens is 1. The Balaban J connectivity index is 1.82. The highest BCUT2D eigenvalue weighted by Crippen LogP contribution is 2.46. The molecule has 0 spiro atoms. The van der Waals surface area contributed by atoms with Crippen LogP contribution in [0, 0.1) is 5.82 Å². The normalized spacial score (nSPS) is 24.4. The summed E-state index contributed by atoms with van der Waals surface area (Å²) in [5, 5.41) is 3.37. The summed E-state index contributed by atoms with van der Waals surface area (Å²) in [4.78, 5) is 17.5. The minimum Gasteiger partial charge on any atom is -0.375 e. The number of aromatic amines is 1. The van der Waals surface area contributed by atoms with E-state index in [0.29, 0.717) is 28.0 Å². The van der Waals surface area contributed by atoms with Gasteiger partial charge in [-0.3, -0.25) is 14.6 Å². The van der Waals surface area contributed by atoms with Gasteiger partial charge in [-0.1, -0.05) is 33.8 Å². The van der Waals surface area contributed by atoms with Gasteiger partial charge in [0, 0.05) is 16.6 Å². The van der Waals surface area contributed by atoms with E-state index in [-0.39, 0.29) is 23.0 Å². The lowest BCUT2D eigenvalue weighted by molar-refractivity contribution is -0.0705. The van der Waals surface area contributed by atoms with Crippen molar-refractivity contribution in [3.63, 3.8) is 0 Å². The molecule has 0 unspecified atom stereocenters. The number of hydrogen-bond acceptors (Lipinski definition) is 4. The minimum atomic E-state index is -0.413. The molecule has 5 nitrogen and oxygen atoms in total. The zero-order chi connectivity index (χ0) is 19.3. The van der Waals surface area contributed by atoms with Crippen molar-refractivity contribution >= 4 is 38.6 Å². The number of thioether (sulfide) groups is 1. The summed E-state index contributed by atoms with van der Waals surface area (Å²) in [5.41, 5.74) is 0.562. The number of benzene rings is 1. The van der Waals surface area contributed by atoms with Gasteiger partial charge in [-0.05, 0) is 45.7 Å². The van der Waals surface area contributed by atoms with Crippen molar-refractivity contribution in [2.75, 3.05) is 6.61 Å². The Morgan fingerprint density at radius 2 is 2.22 bits per heavy atom. The Labute approximate surface area is 169 Å². The lowest BCUT2D eigenvalue weighted by Gasteiger charge is -2.36. The van der Waals surface area contributed by atoms with E-state index in [4.69, 9.17) is 4.74 Å². The van der Waals surface area contributed by atoms with E-state index in [9.17, 15) is 9.18 Å². The molecule has 1 saturated heterocycles. The SMILES string of the molecule is CC1=Nc2c(c(=O)[nH]n2[C@H]2CCOC(C)(C)C2)[C@H](c2ccc(Br)cc2F)S1. The third-order valence-corrected chi connectivity index (χ3v) is 6.68. The number of aliphatic imine (C=N–C) groups is 1. The first-order chi connectivity index (χ1) is 12.7. The smallest absolute Gasteiger partial charge is 0.271 e. The number of rotatable bonds is 2. The van der Waals surface area contributed by atoms with Crippen molar-refractivity contribution < 1.29 is 9.13 Å². The Morgan fingerprint density at radius 1 is 1.44 bits per heavy atom. The summed E-state index contributed by atoms with van der Waals surface area (Å²) in [6.07, 6.45) is 1.59. The summed E-state index contributed by atoms with van der Waals surface area (Å²) >= 11 is 4.70. The van der Waals surface area contributed by atoms with Crippen LogP contribution in [0.1, 0.15) is 56.0 Å². The molecule has 1 N–H and O–H groups in total. The largest absolute Gasteiger partial charge is 0.375 e. The number of hydrogen-bond donors (Lipinski definition) is 1. The van der Waals surface area contributed by atoms with Crippen LogP contribution < -0.4 is 5.56 Å². The Bertz CT molecular complexity index is 982. The maximum Gasteiger partial charge on any atom is 0.271 e. The fourth-order valence-electron chi connectivity index (χ4n) is 3.83. The fourth-order valence-corrected chi connectivity index (χ4v) is 5.29. The molecule has 27 heavy (non-hydrogen) atoms. The van der Waals surface area contributed by atoms with Crippen LogP contribution in [0.3, 0.4) is 0 Å². The van der Waals surface area contributed by atoms with Crippen molar-refractivity contribution in [2.45, 2.75) is 50.5 Å². The third kappa shape index (κ3) is 3.54. The van der Waals surface area contributed by atoms with E-state index in [1.807, 2.05) is 11.6 Å². The van der Waals surface area contributed by atoms with Gasteiger partial charge in [0.05, 0.1) is 27.5 Å². The number of fused-ring (bicyclic) bond motifs is 1. The summed E-state index contributed by atoms with van der Waals surface area (Å²) in [7, 11) is 0. The quantitative estimate of drug-likeness (QED) is 0.688. The molecule has 2 aliphatic rings. The molecule has 0 saturated carbocycles. The molecule has 1 fully saturated rings. The van der Waals surface area contributed by atoms with Gasteiger partial charge in [0.1, 0.15) is 5.82 Å². The molecule has 1 aromatic heterocycles. The average Bonchev–Trinajstić information content (AvgIpc) is 2.90. The van der Waals surface area contributed by atoms with Crippen molar-refractivity contribution in [3.8, 4) is 0 Å². The van der Waals surface area contributed by atoms with Crippen molar-refractivity contribution in [1.82, 2.24) is 9.78 Å². The average molecular weight is 454 g/mol. The van der Waals surface area contributed by atoms with Crippen molar-refractivity contribution in [3.05, 3.63) is 50.0 Å². The Kier molecular flexibility index (Phi) is 4.84. The highest BCUT2D eigenvalue weighted by atomic mass is 79.9. The highest BCUT2D eigenvalue weighted by molar-refractivity contribution is 9.10. The number of halogens is 2. The Hall–Kier alpha value is -1.38. The van der Waals surface area contributed by atoms with Crippen molar-refractivity contribution in [2.24, 2.45) is 4.99 Å². The molecular weight excluding hydrogens is 433 g/mol. The van der Waals surface area contributed by atoms with Gasteiger partial charge >= 0.3 is 0 Å². The van der Waals surface area contributed by atoms with Crippen LogP contribution in [0.25, 0.3) is 0 Å². The van der Waals surface area contributed by atoms with Crippen LogP contribution in [0.15, 0.2) is 32.5 Å². The Morgan fingerprint density at radius 3 is 2.93 bits per heavy atom. The molecular formula is C19H21BrFN3O2S. The van der Waals surface area contributed by atoms with E-state index in [0.717, 1.165) is 17.9 Å². The summed E-state index contributed by atoms with van der Waals surface area (Å²) in [6, 6.07) is 5.06. The zero-order valence-electron chi connectivity index (χ0n) is 15.4. The number of aromatic nitrogens is 2. The first kappa shape index (κ1) is 19.0. The molecule has 2 atom stereocenters. The number of nitrogens with one attached hydrogen (secondary N) is 1. The zero-order valence-corrected chi connectivity index (χ0v) is 17.8. The van der Waals surface area contributed by atoms with Crippen LogP contribution in [0.2, 0.25) is 0 Å². The van der Waals surface area contributed by atoms with E-state index in [2.05, 4.69) is 39.9 Å². The first-order valence-electron chi connectivity index (χ1n) is 8.90. The van der Waals surface area contributed by atoms with Gasteiger partial charge in [0.15, 0.2) is 5.82 Å². The predicted octanol–water partition coefficient (Wildman–Crippen LogP) is 5.09. The minimum absolute atomic E-state index is 0.0975. The van der Waals surface area contributed by atoms with Crippen LogP contribution in [0.5, 0.6) is 0 Å². The van der Waals surface area contributed by atoms with Crippen LogP contribution in [0.4, 0.5) is 10.2 Å². The molecule has 8 heteroatoms. The van der Waals surface area contributed by atoms with Gasteiger partial charge in [-0.2, -0.15) is 0 Å². The molecule has 0 aliphatic carbocycles. The lowest BCUT2D eigenvalue weighted by atomic mass is 9.94. The molecule has 0 amide bonds. The number of nitrogens with zero attached hydrogens (tertiary/aromatic N) is 2. The standard InChI is InChI=1S/C19H21BrFN3O2S/c1-10-22-17-15(16(27-10)13-5-4-11(20)8-14(13)21)18(25)23-24(17)12-6-7-26-19(2,3)9-12/h4-5,8,12,16H,6-7,9H2,1-3H3,(H,23,25)/t12-,16-/m0/s1. The van der Waals surface area contributed by atoms with Crippen LogP contribution >= 0.6 is 27.7 Å². The molecule has 0 bridgehead atoms. The van der Waals surface area contributed by atoms with Gasteiger partial charge in [-0.15, -0.1) is 0 Å². The van der Waals surface area contributed by atoms with E-state index >= 15 is 0 Å². The van der Waals surface area contributed by atoms with Crippen molar-refractivity contribution in [1.29, 1.82) is 0 Å². The first-order valence-corrected chi connectivity index (χ1v) is 10.6. The highest BCUT2D eigenvalue weighted by Gasteiger charge is 2.36. The summed E-state index contributed by atoms with van der Waals surface area (Å²) < 4.78 is 23.0. The second kappa shape index (κ2) is 6.90. The number of ether oxygens (including phenoxy) is 1. The third-order valence-electron chi connectivity index (χ3n) is 5.03. The molecule has 4 rings (SSSR count). The maximum atomic E-state index is 14.6. The summed E-state index contributed by atoms with van der Waals surface area (Å²) in [6.45, 7) is 6.64. The van der Waals surface area contributed by atoms with E-state index < -0.39 is 5.25 Å². The molecule has 2 aromatic rings. The molecule has 1 aromatic carbocycles. The second-order valence-corrected chi connectivity index (χ2v) is 9.81. The van der Waals surface area contributed by atoms with Crippen LogP contribution in [-0.4, -0.2) is 27.0 Å². The van der Waals surface area contributed by atoms with Gasteiger partial charge in [0.2, 0.25) is 0 Å². The molecule has 144 valence electrons. The van der Waals surface area contributed by atoms with Gasteiger partial charge in [0.25, 0.3) is 5.56 Å². The molecule has 0 radical (unpaired) electrons. The van der Waals surface area contributed by atoms with E-state index in [1.165, 1.54) is 17.8 Å². The maximum absolute atomic E-state index is 14.6. The predicted molar refractivity (Wildman–Crippen MR) is 110 cm³/mol. The molecule has 3 heterocycles. The second-order valence-electron chi connectivity index (χ2n) is 7.60. The monoisotopic (exact) mass is 453 g/mol. The van der Waals surface area contributed by atoms with Crippen LogP contribution in [-0.2, 0) is 4.74 Å². The van der Waals surface area contributed by atoms with Gasteiger partial charge < -0.3 is 4.74 Å². The summed E-state index contributed by atoms with van der Waals surface area (Å²) in [5.74, 6) is 0.285. The van der Waals surface area contributed by atoms with E-state index in [1.54, 1.807) is 12.1 Å². The topological polar surface area (TPSA) is 59.4 Å². The van der Waals surface area contributed by atoms with Gasteiger partial charge in [-0.25, -0.2) is 9.38 Å². The lowest BCUT2D eigenvalue weighted by Crippen LogP contribution is -2.35. The molecule has 2 aliphatic heterocycles. The fraction of sp³-hybridized carbons (Fsp3) is 0.474.